The lowest BCUT2D eigenvalue weighted by molar-refractivity contribution is -0.152. The van der Waals surface area contributed by atoms with Crippen molar-refractivity contribution in [3.05, 3.63) is 59.7 Å². The summed E-state index contributed by atoms with van der Waals surface area (Å²) in [4.78, 5) is 42.1. The summed E-state index contributed by atoms with van der Waals surface area (Å²) in [6.07, 6.45) is 0.404. The van der Waals surface area contributed by atoms with Crippen LogP contribution in [0.2, 0.25) is 0 Å². The Hall–Kier alpha value is -3.55. The number of hydrogen-bond acceptors (Lipinski definition) is 5. The highest BCUT2D eigenvalue weighted by atomic mass is 16.5. The lowest BCUT2D eigenvalue weighted by Crippen LogP contribution is -2.70. The van der Waals surface area contributed by atoms with E-state index in [1.54, 1.807) is 41.2 Å². The van der Waals surface area contributed by atoms with Gasteiger partial charge in [-0.15, -0.1) is 0 Å². The number of hydrogen-bond donors (Lipinski definition) is 1. The first kappa shape index (κ1) is 20.7. The fraction of sp³-hybridized carbons (Fsp3) is 0.348. The lowest BCUT2D eigenvalue weighted by Gasteiger charge is -2.45. The molecule has 2 aromatic rings. The molecule has 2 atom stereocenters. The maximum atomic E-state index is 13.0. The molecule has 8 nitrogen and oxygen atoms in total. The normalized spacial score (nSPS) is 20.7. The molecule has 0 unspecified atom stereocenters. The van der Waals surface area contributed by atoms with Gasteiger partial charge in [0, 0.05) is 19.5 Å². The van der Waals surface area contributed by atoms with Gasteiger partial charge in [-0.05, 0) is 29.8 Å². The Labute approximate surface area is 180 Å². The molecule has 2 aromatic carbocycles. The largest absolute Gasteiger partial charge is 0.497 e. The zero-order valence-electron chi connectivity index (χ0n) is 17.5. The molecule has 8 heteroatoms. The van der Waals surface area contributed by atoms with E-state index in [1.807, 2.05) is 24.3 Å². The predicted molar refractivity (Wildman–Crippen MR) is 113 cm³/mol. The number of amides is 3. The van der Waals surface area contributed by atoms with Crippen molar-refractivity contribution in [2.45, 2.75) is 18.5 Å². The topological polar surface area (TPSA) is 88.2 Å². The minimum absolute atomic E-state index is 0.121. The monoisotopic (exact) mass is 423 g/mol. The van der Waals surface area contributed by atoms with Crippen molar-refractivity contribution < 1.29 is 23.9 Å². The number of benzene rings is 2. The maximum absolute atomic E-state index is 13.0. The number of nitrogens with zero attached hydrogens (tertiary/aromatic N) is 2. The third kappa shape index (κ3) is 4.05. The second-order valence-corrected chi connectivity index (χ2v) is 7.61. The molecule has 31 heavy (non-hydrogen) atoms. The predicted octanol–water partition coefficient (Wildman–Crippen LogP) is 1.10. The van der Waals surface area contributed by atoms with Crippen molar-refractivity contribution in [1.82, 2.24) is 15.1 Å². The van der Waals surface area contributed by atoms with Gasteiger partial charge in [-0.1, -0.05) is 24.3 Å². The van der Waals surface area contributed by atoms with E-state index in [1.165, 1.54) is 7.11 Å². The third-order valence-corrected chi connectivity index (χ3v) is 5.80. The second kappa shape index (κ2) is 8.67. The summed E-state index contributed by atoms with van der Waals surface area (Å²) in [5, 5.41) is 2.84. The quantitative estimate of drug-likeness (QED) is 0.778. The first-order valence-corrected chi connectivity index (χ1v) is 10.2. The SMILES string of the molecule is COc1ccc(C[C@@H]2NC(=O)[C@H]3CN(C(=O)c4ccccc4OC)CCN3C2=O)cc1. The number of fused-ring (bicyclic) bond motifs is 1. The number of rotatable bonds is 5. The molecule has 1 N–H and O–H groups in total. The summed E-state index contributed by atoms with van der Waals surface area (Å²) in [6.45, 7) is 0.836. The summed E-state index contributed by atoms with van der Waals surface area (Å²) in [6, 6.07) is 13.1. The van der Waals surface area contributed by atoms with Gasteiger partial charge in [-0.3, -0.25) is 14.4 Å². The average Bonchev–Trinajstić information content (AvgIpc) is 2.82. The number of carbonyl (C=O) groups is 3. The maximum Gasteiger partial charge on any atom is 0.257 e. The molecular weight excluding hydrogens is 398 g/mol. The molecule has 3 amide bonds. The number of para-hydroxylation sites is 1. The molecule has 0 radical (unpaired) electrons. The molecule has 2 aliphatic rings. The van der Waals surface area contributed by atoms with Crippen LogP contribution in [0.4, 0.5) is 0 Å². The van der Waals surface area contributed by atoms with E-state index in [9.17, 15) is 14.4 Å². The molecule has 2 heterocycles. The fourth-order valence-electron chi connectivity index (χ4n) is 4.11. The zero-order valence-corrected chi connectivity index (χ0v) is 17.5. The van der Waals surface area contributed by atoms with Crippen LogP contribution in [0.15, 0.2) is 48.5 Å². The number of ether oxygens (including phenoxy) is 2. The Kier molecular flexibility index (Phi) is 5.79. The van der Waals surface area contributed by atoms with Gasteiger partial charge < -0.3 is 24.6 Å². The van der Waals surface area contributed by atoms with Crippen LogP contribution < -0.4 is 14.8 Å². The van der Waals surface area contributed by atoms with Gasteiger partial charge in [0.15, 0.2) is 0 Å². The van der Waals surface area contributed by atoms with Crippen LogP contribution in [0.5, 0.6) is 11.5 Å². The molecule has 0 aromatic heterocycles. The van der Waals surface area contributed by atoms with E-state index in [-0.39, 0.29) is 24.3 Å². The molecule has 0 bridgehead atoms. The summed E-state index contributed by atoms with van der Waals surface area (Å²) in [5.74, 6) is 0.649. The van der Waals surface area contributed by atoms with Crippen molar-refractivity contribution in [3.63, 3.8) is 0 Å². The molecule has 2 aliphatic heterocycles. The smallest absolute Gasteiger partial charge is 0.257 e. The Morgan fingerprint density at radius 3 is 2.48 bits per heavy atom. The first-order valence-electron chi connectivity index (χ1n) is 10.2. The highest BCUT2D eigenvalue weighted by Crippen LogP contribution is 2.24. The van der Waals surface area contributed by atoms with Crippen molar-refractivity contribution >= 4 is 17.7 Å². The molecule has 162 valence electrons. The summed E-state index contributed by atoms with van der Waals surface area (Å²) < 4.78 is 10.4. The molecule has 4 rings (SSSR count). The lowest BCUT2D eigenvalue weighted by atomic mass is 9.98. The Bertz CT molecular complexity index is 991. The van der Waals surface area contributed by atoms with Crippen molar-refractivity contribution in [2.75, 3.05) is 33.9 Å². The van der Waals surface area contributed by atoms with Gasteiger partial charge in [0.1, 0.15) is 23.6 Å². The van der Waals surface area contributed by atoms with Crippen LogP contribution in [-0.2, 0) is 16.0 Å². The van der Waals surface area contributed by atoms with Crippen molar-refractivity contribution in [3.8, 4) is 11.5 Å². The highest BCUT2D eigenvalue weighted by Gasteiger charge is 2.44. The summed E-state index contributed by atoms with van der Waals surface area (Å²) in [7, 11) is 3.11. The Balaban J connectivity index is 1.45. The van der Waals surface area contributed by atoms with Gasteiger partial charge in [0.05, 0.1) is 26.3 Å². The minimum atomic E-state index is -0.688. The van der Waals surface area contributed by atoms with Gasteiger partial charge in [0.2, 0.25) is 11.8 Å². The van der Waals surface area contributed by atoms with Crippen LogP contribution in [-0.4, -0.2) is 73.5 Å². The van der Waals surface area contributed by atoms with Crippen LogP contribution in [0, 0.1) is 0 Å². The van der Waals surface area contributed by atoms with E-state index < -0.39 is 12.1 Å². The van der Waals surface area contributed by atoms with Gasteiger partial charge in [-0.2, -0.15) is 0 Å². The Morgan fingerprint density at radius 2 is 1.77 bits per heavy atom. The molecule has 0 aliphatic carbocycles. The van der Waals surface area contributed by atoms with E-state index in [0.717, 1.165) is 11.3 Å². The van der Waals surface area contributed by atoms with Gasteiger partial charge >= 0.3 is 0 Å². The molecule has 2 saturated heterocycles. The number of nitrogens with one attached hydrogen (secondary N) is 1. The van der Waals surface area contributed by atoms with E-state index in [2.05, 4.69) is 5.32 Å². The minimum Gasteiger partial charge on any atom is -0.497 e. The fourth-order valence-corrected chi connectivity index (χ4v) is 4.11. The average molecular weight is 423 g/mol. The molecule has 0 spiro atoms. The number of methoxy groups -OCH3 is 2. The molecule has 2 fully saturated rings. The van der Waals surface area contributed by atoms with Gasteiger partial charge in [-0.25, -0.2) is 0 Å². The van der Waals surface area contributed by atoms with Crippen molar-refractivity contribution in [2.24, 2.45) is 0 Å². The third-order valence-electron chi connectivity index (χ3n) is 5.80. The zero-order chi connectivity index (χ0) is 22.0. The molecular formula is C23H25N3O5. The van der Waals surface area contributed by atoms with E-state index in [0.29, 0.717) is 30.8 Å². The highest BCUT2D eigenvalue weighted by molar-refractivity contribution is 6.00. The number of carbonyl (C=O) groups excluding carboxylic acids is 3. The van der Waals surface area contributed by atoms with Crippen LogP contribution in [0.1, 0.15) is 15.9 Å². The van der Waals surface area contributed by atoms with Crippen LogP contribution in [0.25, 0.3) is 0 Å². The molecule has 0 saturated carbocycles. The van der Waals surface area contributed by atoms with Gasteiger partial charge in [0.25, 0.3) is 5.91 Å². The second-order valence-electron chi connectivity index (χ2n) is 7.61. The Morgan fingerprint density at radius 1 is 1.03 bits per heavy atom. The van der Waals surface area contributed by atoms with Crippen LogP contribution in [0.3, 0.4) is 0 Å². The van der Waals surface area contributed by atoms with E-state index in [4.69, 9.17) is 9.47 Å². The summed E-state index contributed by atoms with van der Waals surface area (Å²) in [5.41, 5.74) is 1.38. The number of piperazine rings is 2. The van der Waals surface area contributed by atoms with Crippen molar-refractivity contribution in [1.29, 1.82) is 0 Å². The first-order chi connectivity index (χ1) is 15.0. The standard InChI is InChI=1S/C23H25N3O5/c1-30-16-9-7-15(8-10-16)13-18-23(29)26-12-11-25(14-19(26)21(27)24-18)22(28)17-5-3-4-6-20(17)31-2/h3-10,18-19H,11-14H2,1-2H3,(H,24,27)/t18-,19+/m0/s1. The van der Waals surface area contributed by atoms with Crippen LogP contribution >= 0.6 is 0 Å². The summed E-state index contributed by atoms with van der Waals surface area (Å²) >= 11 is 0. The van der Waals surface area contributed by atoms with E-state index >= 15 is 0 Å².